The van der Waals surface area contributed by atoms with Crippen molar-refractivity contribution in [2.45, 2.75) is 0 Å². The number of hydrogen-bond donors (Lipinski definition) is 0. The second kappa shape index (κ2) is 13.5. The van der Waals surface area contributed by atoms with E-state index >= 15 is 0 Å². The molecule has 0 nitrogen and oxygen atoms in total. The van der Waals surface area contributed by atoms with E-state index in [0.717, 1.165) is 0 Å². The monoisotopic (exact) mass is 684 g/mol. The summed E-state index contributed by atoms with van der Waals surface area (Å²) < 4.78 is 0. The van der Waals surface area contributed by atoms with Crippen LogP contribution in [0.4, 0.5) is 0 Å². The lowest BCUT2D eigenvalue weighted by molar-refractivity contribution is 1.58. The summed E-state index contributed by atoms with van der Waals surface area (Å²) in [7, 11) is 0. The second-order valence-electron chi connectivity index (χ2n) is 14.2. The van der Waals surface area contributed by atoms with Gasteiger partial charge < -0.3 is 0 Å². The fraction of sp³-hybridized carbons (Fsp3) is 0. The highest BCUT2D eigenvalue weighted by Crippen LogP contribution is 2.33. The normalized spacial score (nSPS) is 11.3. The molecular weight excluding hydrogens is 649 g/mol. The van der Waals surface area contributed by atoms with Crippen LogP contribution in [-0.4, -0.2) is 0 Å². The van der Waals surface area contributed by atoms with E-state index < -0.39 is 0 Å². The minimum Gasteiger partial charge on any atom is -0.0622 e. The Labute approximate surface area is 315 Å². The van der Waals surface area contributed by atoms with Crippen molar-refractivity contribution in [3.8, 4) is 33.4 Å². The van der Waals surface area contributed by atoms with Gasteiger partial charge in [-0.2, -0.15) is 0 Å². The lowest BCUT2D eigenvalue weighted by Gasteiger charge is -2.10. The molecule has 12 bridgehead atoms. The Morgan fingerprint density at radius 1 is 0.130 bits per heavy atom. The van der Waals surface area contributed by atoms with Crippen molar-refractivity contribution < 1.29 is 0 Å². The molecule has 0 aliphatic carbocycles. The van der Waals surface area contributed by atoms with Gasteiger partial charge in [0.25, 0.3) is 0 Å². The molecule has 0 aliphatic heterocycles. The predicted molar refractivity (Wildman–Crippen MR) is 234 cm³/mol. The Bertz CT molecular complexity index is 3010. The maximum absolute atomic E-state index is 2.36. The molecule has 54 heavy (non-hydrogen) atoms. The van der Waals surface area contributed by atoms with Gasteiger partial charge in [-0.15, -0.1) is 0 Å². The van der Waals surface area contributed by atoms with Gasteiger partial charge in [0, 0.05) is 0 Å². The van der Waals surface area contributed by atoms with Crippen LogP contribution in [0.2, 0.25) is 0 Å². The molecule has 0 N–H and O–H groups in total. The molecule has 0 saturated carbocycles. The van der Waals surface area contributed by atoms with Gasteiger partial charge in [0.2, 0.25) is 0 Å². The quantitative estimate of drug-likeness (QED) is 0.174. The molecular formula is C54H36. The SMILES string of the molecule is c1ccc(-c2cccc(-c3cccc(-c4cc5cc(c4)c4cccc(c4)c4cccc(c4)c4cccc(c4)c4cccc(c4)c4cccc5c4)c3)c2)cc1. The van der Waals surface area contributed by atoms with Crippen LogP contribution in [0.15, 0.2) is 218 Å². The Balaban J connectivity index is 1.25. The molecule has 0 saturated heterocycles. The standard InChI is InChI=1S/C54H36/c1-2-11-37(12-3-1)38-13-4-14-39(27-38)46-21-8-24-49(31-46)52-34-53-36-54(35-52)51-26-10-23-48(33-51)45-20-7-18-43(30-45)41-16-5-15-40(28-41)42-17-6-19-44(29-42)47-22-9-25-50(53)32-47/h1-36H. The highest BCUT2D eigenvalue weighted by molar-refractivity contribution is 6.03. The van der Waals surface area contributed by atoms with Crippen LogP contribution in [0.25, 0.3) is 98.0 Å². The van der Waals surface area contributed by atoms with Gasteiger partial charge in [0.15, 0.2) is 0 Å². The van der Waals surface area contributed by atoms with Gasteiger partial charge in [-0.3, -0.25) is 0 Å². The van der Waals surface area contributed by atoms with E-state index in [9.17, 15) is 0 Å². The number of benzene rings is 9. The fourth-order valence-electron chi connectivity index (χ4n) is 7.91. The molecule has 10 rings (SSSR count). The van der Waals surface area contributed by atoms with Crippen LogP contribution in [0.1, 0.15) is 0 Å². The lowest BCUT2D eigenvalue weighted by atomic mass is 9.94. The van der Waals surface area contributed by atoms with E-state index in [1.807, 2.05) is 0 Å². The zero-order valence-electron chi connectivity index (χ0n) is 29.8. The molecule has 0 aliphatic rings. The van der Waals surface area contributed by atoms with Gasteiger partial charge in [0.1, 0.15) is 0 Å². The molecule has 0 aromatic heterocycles. The van der Waals surface area contributed by atoms with Crippen LogP contribution >= 0.6 is 0 Å². The van der Waals surface area contributed by atoms with Crippen molar-refractivity contribution in [3.63, 3.8) is 0 Å². The van der Waals surface area contributed by atoms with Crippen molar-refractivity contribution >= 4 is 64.6 Å². The third-order valence-electron chi connectivity index (χ3n) is 10.7. The molecule has 0 heterocycles. The van der Waals surface area contributed by atoms with Gasteiger partial charge in [-0.05, 0) is 159 Å². The predicted octanol–water partition coefficient (Wildman–Crippen LogP) is 15.3. The topological polar surface area (TPSA) is 0 Å². The summed E-state index contributed by atoms with van der Waals surface area (Å²) in [4.78, 5) is 0. The van der Waals surface area contributed by atoms with Gasteiger partial charge >= 0.3 is 0 Å². The first-order valence-electron chi connectivity index (χ1n) is 18.6. The average Bonchev–Trinajstić information content (AvgIpc) is 3.26. The Morgan fingerprint density at radius 2 is 0.370 bits per heavy atom. The highest BCUT2D eigenvalue weighted by Gasteiger charge is 2.07. The highest BCUT2D eigenvalue weighted by atomic mass is 14.1. The zero-order valence-corrected chi connectivity index (χ0v) is 29.8. The van der Waals surface area contributed by atoms with Crippen LogP contribution in [0.5, 0.6) is 0 Å². The summed E-state index contributed by atoms with van der Waals surface area (Å²) in [6, 6.07) is 80.3. The van der Waals surface area contributed by atoms with E-state index in [4.69, 9.17) is 0 Å². The van der Waals surface area contributed by atoms with Crippen LogP contribution in [0, 0.1) is 0 Å². The number of fused-ring (bicyclic) bond motifs is 18. The van der Waals surface area contributed by atoms with E-state index in [2.05, 4.69) is 218 Å². The summed E-state index contributed by atoms with van der Waals surface area (Å²) in [6.45, 7) is 0. The fourth-order valence-corrected chi connectivity index (χ4v) is 7.91. The molecule has 10 aromatic rings. The van der Waals surface area contributed by atoms with Gasteiger partial charge in [0.05, 0.1) is 0 Å². The van der Waals surface area contributed by atoms with Crippen molar-refractivity contribution in [3.05, 3.63) is 218 Å². The average molecular weight is 685 g/mol. The zero-order chi connectivity index (χ0) is 35.8. The summed E-state index contributed by atoms with van der Waals surface area (Å²) in [5.41, 5.74) is 7.23. The first-order chi connectivity index (χ1) is 26.7. The minimum atomic E-state index is 1.19. The van der Waals surface area contributed by atoms with E-state index in [1.54, 1.807) is 0 Å². The molecule has 0 spiro atoms. The molecule has 0 atom stereocenters. The Hall–Kier alpha value is -7.02. The van der Waals surface area contributed by atoms with Crippen molar-refractivity contribution in [2.24, 2.45) is 0 Å². The Kier molecular flexibility index (Phi) is 7.93. The van der Waals surface area contributed by atoms with E-state index in [0.29, 0.717) is 0 Å². The third-order valence-corrected chi connectivity index (χ3v) is 10.7. The molecule has 10 aromatic carbocycles. The van der Waals surface area contributed by atoms with Crippen molar-refractivity contribution in [2.75, 3.05) is 0 Å². The molecule has 0 fully saturated rings. The number of hydrogen-bond acceptors (Lipinski definition) is 0. The van der Waals surface area contributed by atoms with Crippen LogP contribution in [0.3, 0.4) is 0 Å². The van der Waals surface area contributed by atoms with Crippen molar-refractivity contribution in [1.29, 1.82) is 0 Å². The first-order valence-corrected chi connectivity index (χ1v) is 18.6. The maximum atomic E-state index is 2.36. The summed E-state index contributed by atoms with van der Waals surface area (Å²) >= 11 is 0. The minimum absolute atomic E-state index is 1.19. The summed E-state index contributed by atoms with van der Waals surface area (Å²) in [5, 5.41) is 14.4. The van der Waals surface area contributed by atoms with Crippen LogP contribution in [-0.2, 0) is 0 Å². The van der Waals surface area contributed by atoms with Crippen LogP contribution < -0.4 is 0 Å². The molecule has 0 radical (unpaired) electrons. The maximum Gasteiger partial charge on any atom is -0.0171 e. The molecule has 0 heteroatoms. The second-order valence-corrected chi connectivity index (χ2v) is 14.2. The van der Waals surface area contributed by atoms with Crippen molar-refractivity contribution in [1.82, 2.24) is 0 Å². The smallest absolute Gasteiger partial charge is 0.0171 e. The summed E-state index contributed by atoms with van der Waals surface area (Å²) in [6.07, 6.45) is 0. The first kappa shape index (κ1) is 31.7. The van der Waals surface area contributed by atoms with Gasteiger partial charge in [-0.25, -0.2) is 0 Å². The lowest BCUT2D eigenvalue weighted by Crippen LogP contribution is -1.84. The molecule has 0 amide bonds. The molecule has 252 valence electrons. The Morgan fingerprint density at radius 3 is 0.722 bits per heavy atom. The summed E-state index contributed by atoms with van der Waals surface area (Å²) in [5.74, 6) is 0. The van der Waals surface area contributed by atoms with E-state index in [1.165, 1.54) is 98.0 Å². The third kappa shape index (κ3) is 6.15. The van der Waals surface area contributed by atoms with E-state index in [-0.39, 0.29) is 0 Å². The molecule has 0 unspecified atom stereocenters. The number of rotatable bonds is 3. The largest absolute Gasteiger partial charge is 0.0622 e. The van der Waals surface area contributed by atoms with Gasteiger partial charge in [-0.1, -0.05) is 158 Å².